The number of hydrogen-bond acceptors (Lipinski definition) is 2. The van der Waals surface area contributed by atoms with Crippen molar-refractivity contribution in [1.29, 1.82) is 10.5 Å². The SMILES string of the molecule is N#Cc1cc(Cl)c(Cl)c(C#N)c1Cl. The third-order valence-corrected chi connectivity index (χ3v) is 2.57. The van der Waals surface area contributed by atoms with E-state index >= 15 is 0 Å². The minimum absolute atomic E-state index is 0.0346. The Labute approximate surface area is 89.9 Å². The predicted molar refractivity (Wildman–Crippen MR) is 50.9 cm³/mol. The van der Waals surface area contributed by atoms with Crippen molar-refractivity contribution in [1.82, 2.24) is 0 Å². The highest BCUT2D eigenvalue weighted by molar-refractivity contribution is 6.44. The maximum Gasteiger partial charge on any atom is 0.102 e. The van der Waals surface area contributed by atoms with Gasteiger partial charge in [0, 0.05) is 0 Å². The fourth-order valence-electron chi connectivity index (χ4n) is 0.783. The van der Waals surface area contributed by atoms with Crippen molar-refractivity contribution in [3.8, 4) is 12.1 Å². The van der Waals surface area contributed by atoms with Gasteiger partial charge in [0.15, 0.2) is 0 Å². The van der Waals surface area contributed by atoms with Gasteiger partial charge in [-0.15, -0.1) is 0 Å². The van der Waals surface area contributed by atoms with Crippen LogP contribution in [0.25, 0.3) is 0 Å². The van der Waals surface area contributed by atoms with Gasteiger partial charge in [0.2, 0.25) is 0 Å². The van der Waals surface area contributed by atoms with E-state index in [1.165, 1.54) is 6.07 Å². The molecule has 1 aromatic rings. The van der Waals surface area contributed by atoms with Gasteiger partial charge in [0.05, 0.1) is 26.2 Å². The normalized spacial score (nSPS) is 9.00. The summed E-state index contributed by atoms with van der Waals surface area (Å²) in [7, 11) is 0. The number of nitriles is 2. The number of rotatable bonds is 0. The van der Waals surface area contributed by atoms with E-state index in [9.17, 15) is 0 Å². The van der Waals surface area contributed by atoms with Gasteiger partial charge >= 0.3 is 0 Å². The Morgan fingerprint density at radius 1 is 1.00 bits per heavy atom. The molecule has 0 atom stereocenters. The van der Waals surface area contributed by atoms with Crippen molar-refractivity contribution >= 4 is 34.8 Å². The fraction of sp³-hybridized carbons (Fsp3) is 0. The Kier molecular flexibility index (Phi) is 3.01. The lowest BCUT2D eigenvalue weighted by Gasteiger charge is -2.02. The highest BCUT2D eigenvalue weighted by atomic mass is 35.5. The minimum atomic E-state index is 0.0346. The van der Waals surface area contributed by atoms with Crippen LogP contribution in [0.2, 0.25) is 15.1 Å². The summed E-state index contributed by atoms with van der Waals surface area (Å²) in [6.07, 6.45) is 0. The molecule has 64 valence electrons. The molecule has 5 heteroatoms. The molecule has 0 heterocycles. The van der Waals surface area contributed by atoms with E-state index in [1.807, 2.05) is 6.07 Å². The second-order valence-electron chi connectivity index (χ2n) is 2.13. The first-order valence-electron chi connectivity index (χ1n) is 3.09. The number of nitrogens with zero attached hydrogens (tertiary/aromatic N) is 2. The van der Waals surface area contributed by atoms with Crippen LogP contribution in [0.1, 0.15) is 11.1 Å². The Balaban J connectivity index is 3.63. The van der Waals surface area contributed by atoms with Gasteiger partial charge in [-0.2, -0.15) is 10.5 Å². The molecule has 0 radical (unpaired) electrons. The zero-order valence-corrected chi connectivity index (χ0v) is 8.37. The minimum Gasteiger partial charge on any atom is -0.192 e. The molecule has 1 aromatic carbocycles. The first-order chi connectivity index (χ1) is 6.11. The molecule has 0 spiro atoms. The Hall–Kier alpha value is -0.930. The van der Waals surface area contributed by atoms with E-state index in [0.29, 0.717) is 0 Å². The van der Waals surface area contributed by atoms with Crippen LogP contribution in [-0.4, -0.2) is 0 Å². The summed E-state index contributed by atoms with van der Waals surface area (Å²) in [4.78, 5) is 0. The quantitative estimate of drug-likeness (QED) is 0.643. The lowest BCUT2D eigenvalue weighted by molar-refractivity contribution is 1.45. The Bertz CT molecular complexity index is 440. The Morgan fingerprint density at radius 2 is 1.62 bits per heavy atom. The number of halogens is 3. The fourth-order valence-corrected chi connectivity index (χ4v) is 1.46. The molecule has 0 fully saturated rings. The van der Waals surface area contributed by atoms with Crippen LogP contribution in [0, 0.1) is 22.7 Å². The number of benzene rings is 1. The standard InChI is InChI=1S/C8HCl3N2/c9-6-1-4(2-12)7(10)5(3-13)8(6)11/h1H. The molecule has 0 aliphatic carbocycles. The lowest BCUT2D eigenvalue weighted by Crippen LogP contribution is -1.86. The predicted octanol–water partition coefficient (Wildman–Crippen LogP) is 3.39. The molecule has 0 amide bonds. The van der Waals surface area contributed by atoms with Crippen molar-refractivity contribution in [3.05, 3.63) is 32.3 Å². The smallest absolute Gasteiger partial charge is 0.102 e. The van der Waals surface area contributed by atoms with Gasteiger partial charge in [0.1, 0.15) is 12.1 Å². The molecule has 0 saturated heterocycles. The van der Waals surface area contributed by atoms with E-state index in [2.05, 4.69) is 0 Å². The average Bonchev–Trinajstić information content (AvgIpc) is 2.12. The van der Waals surface area contributed by atoms with E-state index in [1.54, 1.807) is 6.07 Å². The average molecular weight is 231 g/mol. The van der Waals surface area contributed by atoms with E-state index < -0.39 is 0 Å². The summed E-state index contributed by atoms with van der Waals surface area (Å²) in [6, 6.07) is 4.92. The van der Waals surface area contributed by atoms with Crippen LogP contribution in [0.4, 0.5) is 0 Å². The third kappa shape index (κ3) is 1.71. The summed E-state index contributed by atoms with van der Waals surface area (Å²) in [5.74, 6) is 0. The first-order valence-corrected chi connectivity index (χ1v) is 4.23. The molecule has 13 heavy (non-hydrogen) atoms. The molecule has 0 aliphatic heterocycles. The van der Waals surface area contributed by atoms with Crippen LogP contribution in [0.15, 0.2) is 6.07 Å². The summed E-state index contributed by atoms with van der Waals surface area (Å²) < 4.78 is 0. The van der Waals surface area contributed by atoms with E-state index in [0.717, 1.165) is 0 Å². The summed E-state index contributed by atoms with van der Waals surface area (Å²) in [5, 5.41) is 17.5. The summed E-state index contributed by atoms with van der Waals surface area (Å²) >= 11 is 17.0. The van der Waals surface area contributed by atoms with Gasteiger partial charge in [-0.1, -0.05) is 34.8 Å². The van der Waals surface area contributed by atoms with Crippen molar-refractivity contribution in [3.63, 3.8) is 0 Å². The van der Waals surface area contributed by atoms with Crippen molar-refractivity contribution in [2.24, 2.45) is 0 Å². The topological polar surface area (TPSA) is 47.6 Å². The molecule has 0 unspecified atom stereocenters. The van der Waals surface area contributed by atoms with Gasteiger partial charge in [-0.05, 0) is 6.07 Å². The second kappa shape index (κ2) is 3.85. The lowest BCUT2D eigenvalue weighted by atomic mass is 10.1. The van der Waals surface area contributed by atoms with Crippen LogP contribution in [-0.2, 0) is 0 Å². The first kappa shape index (κ1) is 10.2. The van der Waals surface area contributed by atoms with Crippen LogP contribution >= 0.6 is 34.8 Å². The van der Waals surface area contributed by atoms with Crippen molar-refractivity contribution in [2.75, 3.05) is 0 Å². The summed E-state index contributed by atoms with van der Waals surface area (Å²) in [5.41, 5.74) is 0.181. The van der Waals surface area contributed by atoms with Crippen LogP contribution < -0.4 is 0 Å². The van der Waals surface area contributed by atoms with Crippen molar-refractivity contribution in [2.45, 2.75) is 0 Å². The maximum absolute atomic E-state index is 8.66. The molecule has 0 N–H and O–H groups in total. The highest BCUT2D eigenvalue weighted by Crippen LogP contribution is 2.33. The van der Waals surface area contributed by atoms with Crippen LogP contribution in [0.5, 0.6) is 0 Å². The molecule has 0 aromatic heterocycles. The van der Waals surface area contributed by atoms with Gasteiger partial charge in [0.25, 0.3) is 0 Å². The highest BCUT2D eigenvalue weighted by Gasteiger charge is 2.13. The zero-order chi connectivity index (χ0) is 10.0. The maximum atomic E-state index is 8.66. The largest absolute Gasteiger partial charge is 0.192 e. The summed E-state index contributed by atoms with van der Waals surface area (Å²) in [6.45, 7) is 0. The van der Waals surface area contributed by atoms with E-state index in [-0.39, 0.29) is 26.2 Å². The molecule has 0 saturated carbocycles. The van der Waals surface area contributed by atoms with Gasteiger partial charge < -0.3 is 0 Å². The molecule has 0 bridgehead atoms. The molecule has 0 aliphatic rings. The zero-order valence-electron chi connectivity index (χ0n) is 6.11. The monoisotopic (exact) mass is 230 g/mol. The van der Waals surface area contributed by atoms with E-state index in [4.69, 9.17) is 45.3 Å². The van der Waals surface area contributed by atoms with Crippen LogP contribution in [0.3, 0.4) is 0 Å². The number of hydrogen-bond donors (Lipinski definition) is 0. The van der Waals surface area contributed by atoms with Gasteiger partial charge in [-0.25, -0.2) is 0 Å². The van der Waals surface area contributed by atoms with Gasteiger partial charge in [-0.3, -0.25) is 0 Å². The molecular formula is C8HCl3N2. The molecule has 2 nitrogen and oxygen atoms in total. The van der Waals surface area contributed by atoms with Crippen molar-refractivity contribution < 1.29 is 0 Å². The Morgan fingerprint density at radius 3 is 2.08 bits per heavy atom. The molecular weight excluding hydrogens is 230 g/mol. The third-order valence-electron chi connectivity index (χ3n) is 1.39. The second-order valence-corrected chi connectivity index (χ2v) is 3.30. The molecule has 1 rings (SSSR count).